The molecular formula is C10H22N2O2S. The fourth-order valence-electron chi connectivity index (χ4n) is 1.21. The lowest BCUT2D eigenvalue weighted by Gasteiger charge is -2.25. The lowest BCUT2D eigenvalue weighted by atomic mass is 10.1. The number of amides is 1. The number of nitrogens with one attached hydrogen (secondary N) is 1. The number of hydrogen-bond donors (Lipinski definition) is 2. The van der Waals surface area contributed by atoms with Crippen LogP contribution in [0.15, 0.2) is 0 Å². The summed E-state index contributed by atoms with van der Waals surface area (Å²) in [6.07, 6.45) is 1.95. The molecule has 0 radical (unpaired) electrons. The van der Waals surface area contributed by atoms with Crippen molar-refractivity contribution in [3.8, 4) is 0 Å². The van der Waals surface area contributed by atoms with Gasteiger partial charge in [0.1, 0.15) is 0 Å². The molecule has 0 heterocycles. The van der Waals surface area contributed by atoms with Gasteiger partial charge in [0.15, 0.2) is 0 Å². The van der Waals surface area contributed by atoms with E-state index >= 15 is 0 Å². The van der Waals surface area contributed by atoms with Crippen LogP contribution < -0.4 is 5.32 Å². The number of carbonyl (C=O) groups excluding carboxylic acids is 1. The van der Waals surface area contributed by atoms with E-state index in [2.05, 4.69) is 5.32 Å². The highest BCUT2D eigenvalue weighted by Crippen LogP contribution is 2.09. The number of likely N-dealkylation sites (N-methyl/N-ethyl adjacent to an activating group) is 1. The molecule has 0 saturated carbocycles. The van der Waals surface area contributed by atoms with Crippen LogP contribution in [-0.4, -0.2) is 60.2 Å². The minimum absolute atomic E-state index is 0.0231. The molecule has 90 valence electrons. The molecule has 0 saturated heterocycles. The van der Waals surface area contributed by atoms with Gasteiger partial charge in [-0.2, -0.15) is 11.8 Å². The van der Waals surface area contributed by atoms with Crippen molar-refractivity contribution >= 4 is 17.7 Å². The van der Waals surface area contributed by atoms with Crippen LogP contribution in [0.5, 0.6) is 0 Å². The summed E-state index contributed by atoms with van der Waals surface area (Å²) in [5, 5.41) is 12.9. The zero-order valence-corrected chi connectivity index (χ0v) is 11.0. The minimum Gasteiger partial charge on any atom is -0.388 e. The summed E-state index contributed by atoms with van der Waals surface area (Å²) in [5.41, 5.74) is -0.764. The Kier molecular flexibility index (Phi) is 6.24. The van der Waals surface area contributed by atoms with E-state index in [0.717, 1.165) is 0 Å². The van der Waals surface area contributed by atoms with Gasteiger partial charge >= 0.3 is 0 Å². The second-order valence-corrected chi connectivity index (χ2v) is 5.13. The topological polar surface area (TPSA) is 52.6 Å². The van der Waals surface area contributed by atoms with E-state index in [4.69, 9.17) is 0 Å². The first-order valence-corrected chi connectivity index (χ1v) is 6.35. The zero-order valence-electron chi connectivity index (χ0n) is 10.2. The Bertz CT molecular complexity index is 208. The third-order valence-electron chi connectivity index (χ3n) is 2.06. The maximum absolute atomic E-state index is 11.5. The zero-order chi connectivity index (χ0) is 12.1. The standard InChI is InChI=1S/C10H22N2O2S/c1-8(9(13)12(3)4)11-6-10(2,14)7-15-5/h8,11,14H,6-7H2,1-5H3. The van der Waals surface area contributed by atoms with Crippen LogP contribution in [0.4, 0.5) is 0 Å². The molecule has 0 aromatic carbocycles. The van der Waals surface area contributed by atoms with Crippen molar-refractivity contribution < 1.29 is 9.90 Å². The van der Waals surface area contributed by atoms with Gasteiger partial charge in [0, 0.05) is 26.4 Å². The normalized spacial score (nSPS) is 16.9. The second-order valence-electron chi connectivity index (χ2n) is 4.27. The first-order valence-electron chi connectivity index (χ1n) is 4.96. The minimum atomic E-state index is -0.764. The van der Waals surface area contributed by atoms with Crippen molar-refractivity contribution in [1.82, 2.24) is 10.2 Å². The predicted molar refractivity (Wildman–Crippen MR) is 65.2 cm³/mol. The quantitative estimate of drug-likeness (QED) is 0.688. The van der Waals surface area contributed by atoms with E-state index in [1.807, 2.05) is 6.26 Å². The summed E-state index contributed by atoms with van der Waals surface area (Å²) in [4.78, 5) is 13.0. The van der Waals surface area contributed by atoms with Crippen molar-refractivity contribution in [3.05, 3.63) is 0 Å². The van der Waals surface area contributed by atoms with Crippen LogP contribution >= 0.6 is 11.8 Å². The summed E-state index contributed by atoms with van der Waals surface area (Å²) >= 11 is 1.59. The van der Waals surface area contributed by atoms with E-state index in [1.54, 1.807) is 44.6 Å². The molecule has 0 bridgehead atoms. The highest BCUT2D eigenvalue weighted by Gasteiger charge is 2.22. The van der Waals surface area contributed by atoms with Crippen LogP contribution in [0.2, 0.25) is 0 Å². The van der Waals surface area contributed by atoms with Crippen LogP contribution in [0.1, 0.15) is 13.8 Å². The van der Waals surface area contributed by atoms with Gasteiger partial charge in [-0.1, -0.05) is 0 Å². The van der Waals surface area contributed by atoms with E-state index in [0.29, 0.717) is 12.3 Å². The van der Waals surface area contributed by atoms with E-state index < -0.39 is 5.60 Å². The van der Waals surface area contributed by atoms with Crippen molar-refractivity contribution in [2.24, 2.45) is 0 Å². The Balaban J connectivity index is 3.99. The van der Waals surface area contributed by atoms with Crippen LogP contribution in [0, 0.1) is 0 Å². The number of nitrogens with zero attached hydrogens (tertiary/aromatic N) is 1. The molecule has 4 nitrogen and oxygen atoms in total. The molecule has 0 aliphatic heterocycles. The molecule has 2 atom stereocenters. The highest BCUT2D eigenvalue weighted by molar-refractivity contribution is 7.98. The third kappa shape index (κ3) is 6.02. The first kappa shape index (κ1) is 14.7. The van der Waals surface area contributed by atoms with Gasteiger partial charge in [-0.3, -0.25) is 4.79 Å². The van der Waals surface area contributed by atoms with Gasteiger partial charge in [0.05, 0.1) is 11.6 Å². The molecule has 0 aromatic heterocycles. The number of hydrogen-bond acceptors (Lipinski definition) is 4. The SMILES string of the molecule is CSCC(C)(O)CNC(C)C(=O)N(C)C. The lowest BCUT2D eigenvalue weighted by molar-refractivity contribution is -0.130. The third-order valence-corrected chi connectivity index (χ3v) is 2.97. The fourth-order valence-corrected chi connectivity index (χ4v) is 1.93. The molecule has 0 aliphatic carbocycles. The Morgan fingerprint density at radius 1 is 1.60 bits per heavy atom. The molecule has 1 amide bonds. The average molecular weight is 234 g/mol. The van der Waals surface area contributed by atoms with Crippen LogP contribution in [0.25, 0.3) is 0 Å². The van der Waals surface area contributed by atoms with Crippen molar-refractivity contribution in [2.75, 3.05) is 32.6 Å². The number of carbonyl (C=O) groups is 1. The largest absolute Gasteiger partial charge is 0.388 e. The average Bonchev–Trinajstić information content (AvgIpc) is 2.13. The fraction of sp³-hybridized carbons (Fsp3) is 0.900. The number of rotatable bonds is 6. The summed E-state index contributed by atoms with van der Waals surface area (Å²) in [5.74, 6) is 0.679. The molecule has 0 rings (SSSR count). The molecule has 5 heteroatoms. The summed E-state index contributed by atoms with van der Waals surface area (Å²) in [7, 11) is 3.45. The Morgan fingerprint density at radius 2 is 2.13 bits per heavy atom. The van der Waals surface area contributed by atoms with E-state index in [1.165, 1.54) is 0 Å². The van der Waals surface area contributed by atoms with Crippen molar-refractivity contribution in [1.29, 1.82) is 0 Å². The van der Waals surface area contributed by atoms with Gasteiger partial charge in [0.2, 0.25) is 5.91 Å². The molecule has 0 aliphatic rings. The monoisotopic (exact) mass is 234 g/mol. The molecule has 0 aromatic rings. The highest BCUT2D eigenvalue weighted by atomic mass is 32.2. The molecule has 15 heavy (non-hydrogen) atoms. The molecule has 0 spiro atoms. The predicted octanol–water partition coefficient (Wildman–Crippen LogP) is 0.167. The maximum Gasteiger partial charge on any atom is 0.238 e. The molecule has 0 fully saturated rings. The summed E-state index contributed by atoms with van der Waals surface area (Å²) in [6.45, 7) is 4.00. The van der Waals surface area contributed by atoms with Crippen LogP contribution in [-0.2, 0) is 4.79 Å². The Labute approximate surface area is 96.4 Å². The summed E-state index contributed by atoms with van der Waals surface area (Å²) < 4.78 is 0. The van der Waals surface area contributed by atoms with Crippen molar-refractivity contribution in [2.45, 2.75) is 25.5 Å². The molecule has 2 N–H and O–H groups in total. The lowest BCUT2D eigenvalue weighted by Crippen LogP contribution is -2.48. The number of thioether (sulfide) groups is 1. The first-order chi connectivity index (χ1) is 6.80. The Hall–Kier alpha value is -0.260. The summed E-state index contributed by atoms with van der Waals surface area (Å²) in [6, 6.07) is -0.256. The van der Waals surface area contributed by atoms with Gasteiger partial charge < -0.3 is 15.3 Å². The Morgan fingerprint density at radius 3 is 2.53 bits per heavy atom. The molecular weight excluding hydrogens is 212 g/mol. The van der Waals surface area contributed by atoms with Crippen LogP contribution in [0.3, 0.4) is 0 Å². The van der Waals surface area contributed by atoms with Gasteiger partial charge in [-0.25, -0.2) is 0 Å². The van der Waals surface area contributed by atoms with Gasteiger partial charge in [-0.05, 0) is 20.1 Å². The smallest absolute Gasteiger partial charge is 0.238 e. The van der Waals surface area contributed by atoms with Gasteiger partial charge in [0.25, 0.3) is 0 Å². The molecule has 2 unspecified atom stereocenters. The number of aliphatic hydroxyl groups is 1. The second kappa shape index (κ2) is 6.35. The van der Waals surface area contributed by atoms with Crippen molar-refractivity contribution in [3.63, 3.8) is 0 Å². The van der Waals surface area contributed by atoms with Gasteiger partial charge in [-0.15, -0.1) is 0 Å². The van der Waals surface area contributed by atoms with E-state index in [-0.39, 0.29) is 11.9 Å². The van der Waals surface area contributed by atoms with E-state index in [9.17, 15) is 9.90 Å². The maximum atomic E-state index is 11.5.